The predicted octanol–water partition coefficient (Wildman–Crippen LogP) is 3.89. The quantitative estimate of drug-likeness (QED) is 0.513. The maximum Gasteiger partial charge on any atom is 0.245 e. The maximum absolute atomic E-state index is 13.5. The van der Waals surface area contributed by atoms with Crippen LogP contribution in [0.3, 0.4) is 0 Å². The number of likely N-dealkylation sites (tertiary alicyclic amines) is 1. The Kier molecular flexibility index (Phi) is 8.63. The second-order valence-electron chi connectivity index (χ2n) is 10.6. The third kappa shape index (κ3) is 6.24. The Morgan fingerprint density at radius 1 is 1.11 bits per heavy atom. The van der Waals surface area contributed by atoms with Gasteiger partial charge < -0.3 is 21.1 Å². The topological polar surface area (TPSA) is 95.7 Å². The molecule has 0 aliphatic carbocycles. The van der Waals surface area contributed by atoms with Crippen LogP contribution in [-0.2, 0) is 21.6 Å². The monoisotopic (exact) mass is 499 g/mol. The second-order valence-corrected chi connectivity index (χ2v) is 11.1. The van der Waals surface area contributed by atoms with E-state index < -0.39 is 23.1 Å². The van der Waals surface area contributed by atoms with Gasteiger partial charge in [0.15, 0.2) is 0 Å². The van der Waals surface area contributed by atoms with Crippen LogP contribution in [0.4, 0.5) is 0 Å². The van der Waals surface area contributed by atoms with Crippen molar-refractivity contribution in [2.45, 2.75) is 64.6 Å². The number of aryl methyl sites for hydroxylation is 1. The van der Waals surface area contributed by atoms with Gasteiger partial charge in [0.05, 0.1) is 11.6 Å². The first-order chi connectivity index (χ1) is 16.4. The van der Waals surface area contributed by atoms with E-state index in [-0.39, 0.29) is 17.7 Å². The van der Waals surface area contributed by atoms with E-state index in [2.05, 4.69) is 5.32 Å². The van der Waals surface area contributed by atoms with Crippen LogP contribution in [0, 0.1) is 11.3 Å². The molecule has 0 unspecified atom stereocenters. The highest BCUT2D eigenvalue weighted by Gasteiger charge is 2.50. The van der Waals surface area contributed by atoms with Gasteiger partial charge in [0, 0.05) is 23.5 Å². The Hall–Kier alpha value is -2.41. The average molecular weight is 500 g/mol. The standard InChI is InChI=1S/C28H38ClN3O3/c1-19(2)24(31-25(33)23(30)15-10-20-8-6-5-7-9-20)26(34)32-17-16-28(35,27(3,4)18-32)21-11-13-22(29)14-12-21/h5-9,11-14,19,23-24,35H,10,15-18,30H2,1-4H3,(H,31,33)/t23-,24-,28+/m1/s1. The molecular weight excluding hydrogens is 462 g/mol. The molecule has 2 amide bonds. The van der Waals surface area contributed by atoms with Crippen LogP contribution < -0.4 is 11.1 Å². The minimum atomic E-state index is -1.09. The van der Waals surface area contributed by atoms with Gasteiger partial charge in [0.1, 0.15) is 6.04 Å². The number of rotatable bonds is 8. The molecule has 190 valence electrons. The molecule has 0 bridgehead atoms. The van der Waals surface area contributed by atoms with Gasteiger partial charge in [-0.1, -0.05) is 81.8 Å². The Morgan fingerprint density at radius 2 is 1.74 bits per heavy atom. The van der Waals surface area contributed by atoms with Crippen molar-refractivity contribution in [2.75, 3.05) is 13.1 Å². The van der Waals surface area contributed by atoms with E-state index in [1.54, 1.807) is 17.0 Å². The molecule has 6 nitrogen and oxygen atoms in total. The zero-order valence-corrected chi connectivity index (χ0v) is 21.9. The molecule has 1 aliphatic rings. The highest BCUT2D eigenvalue weighted by atomic mass is 35.5. The van der Waals surface area contributed by atoms with Crippen LogP contribution in [0.2, 0.25) is 5.02 Å². The number of benzene rings is 2. The minimum absolute atomic E-state index is 0.104. The first-order valence-electron chi connectivity index (χ1n) is 12.3. The van der Waals surface area contributed by atoms with E-state index >= 15 is 0 Å². The minimum Gasteiger partial charge on any atom is -0.384 e. The number of amides is 2. The van der Waals surface area contributed by atoms with E-state index in [9.17, 15) is 14.7 Å². The number of nitrogens with zero attached hydrogens (tertiary/aromatic N) is 1. The molecule has 7 heteroatoms. The number of nitrogens with one attached hydrogen (secondary N) is 1. The van der Waals surface area contributed by atoms with Crippen molar-refractivity contribution in [2.24, 2.45) is 17.1 Å². The maximum atomic E-state index is 13.5. The molecule has 3 rings (SSSR count). The Morgan fingerprint density at radius 3 is 2.31 bits per heavy atom. The van der Waals surface area contributed by atoms with Crippen LogP contribution >= 0.6 is 11.6 Å². The molecule has 1 fully saturated rings. The van der Waals surface area contributed by atoms with Gasteiger partial charge in [-0.15, -0.1) is 0 Å². The van der Waals surface area contributed by atoms with Crippen LogP contribution in [0.25, 0.3) is 0 Å². The fraction of sp³-hybridized carbons (Fsp3) is 0.500. The lowest BCUT2D eigenvalue weighted by Gasteiger charge is -2.51. The fourth-order valence-electron chi connectivity index (χ4n) is 4.84. The van der Waals surface area contributed by atoms with Gasteiger partial charge in [-0.05, 0) is 48.4 Å². The Balaban J connectivity index is 1.65. The van der Waals surface area contributed by atoms with Gasteiger partial charge in [-0.25, -0.2) is 0 Å². The number of piperidine rings is 1. The van der Waals surface area contributed by atoms with Gasteiger partial charge in [-0.2, -0.15) is 0 Å². The first kappa shape index (κ1) is 27.2. The SMILES string of the molecule is CC(C)[C@@H](NC(=O)[C@H](N)CCc1ccccc1)C(=O)N1CC[C@](O)(c2ccc(Cl)cc2)C(C)(C)C1. The van der Waals surface area contributed by atoms with Gasteiger partial charge in [0.2, 0.25) is 11.8 Å². The van der Waals surface area contributed by atoms with E-state index in [0.29, 0.717) is 37.4 Å². The van der Waals surface area contributed by atoms with Crippen molar-refractivity contribution < 1.29 is 14.7 Å². The van der Waals surface area contributed by atoms with Crippen LogP contribution in [0.15, 0.2) is 54.6 Å². The number of halogens is 1. The summed E-state index contributed by atoms with van der Waals surface area (Å²) in [4.78, 5) is 28.1. The van der Waals surface area contributed by atoms with E-state index in [0.717, 1.165) is 11.1 Å². The number of carbonyl (C=O) groups is 2. The van der Waals surface area contributed by atoms with Gasteiger partial charge in [0.25, 0.3) is 0 Å². The van der Waals surface area contributed by atoms with Crippen LogP contribution in [0.5, 0.6) is 0 Å². The third-order valence-corrected chi connectivity index (χ3v) is 7.49. The molecule has 1 aliphatic heterocycles. The summed E-state index contributed by atoms with van der Waals surface area (Å²) in [6.07, 6.45) is 1.59. The smallest absolute Gasteiger partial charge is 0.245 e. The van der Waals surface area contributed by atoms with E-state index in [4.69, 9.17) is 17.3 Å². The summed E-state index contributed by atoms with van der Waals surface area (Å²) in [5.41, 5.74) is 6.38. The number of aliphatic hydroxyl groups is 1. The molecule has 35 heavy (non-hydrogen) atoms. The van der Waals surface area contributed by atoms with Gasteiger partial charge in [-0.3, -0.25) is 9.59 Å². The summed E-state index contributed by atoms with van der Waals surface area (Å²) in [7, 11) is 0. The van der Waals surface area contributed by atoms with Crippen LogP contribution in [0.1, 0.15) is 51.7 Å². The van der Waals surface area contributed by atoms with Crippen molar-refractivity contribution in [1.82, 2.24) is 10.2 Å². The lowest BCUT2D eigenvalue weighted by molar-refractivity contribution is -0.156. The highest BCUT2D eigenvalue weighted by Crippen LogP contribution is 2.46. The average Bonchev–Trinajstić information content (AvgIpc) is 2.82. The molecule has 1 saturated heterocycles. The summed E-state index contributed by atoms with van der Waals surface area (Å²) in [5.74, 6) is -0.565. The van der Waals surface area contributed by atoms with E-state index in [1.165, 1.54) is 0 Å². The van der Waals surface area contributed by atoms with Crippen molar-refractivity contribution in [3.05, 3.63) is 70.7 Å². The zero-order valence-electron chi connectivity index (χ0n) is 21.1. The number of hydrogen-bond acceptors (Lipinski definition) is 4. The normalized spacial score (nSPS) is 21.4. The lowest BCUT2D eigenvalue weighted by atomic mass is 9.66. The number of nitrogens with two attached hydrogens (primary N) is 1. The Labute approximate surface area is 213 Å². The molecule has 3 atom stereocenters. The fourth-order valence-corrected chi connectivity index (χ4v) is 4.97. The van der Waals surface area contributed by atoms with Crippen LogP contribution in [-0.4, -0.2) is 47.0 Å². The second kappa shape index (κ2) is 11.1. The molecule has 1 heterocycles. The summed E-state index contributed by atoms with van der Waals surface area (Å²) in [6.45, 7) is 8.51. The molecule has 2 aromatic rings. The molecule has 0 radical (unpaired) electrons. The molecule has 2 aromatic carbocycles. The largest absolute Gasteiger partial charge is 0.384 e. The summed E-state index contributed by atoms with van der Waals surface area (Å²) in [5, 5.41) is 15.1. The molecular formula is C28H38ClN3O3. The Bertz CT molecular complexity index is 1010. The summed E-state index contributed by atoms with van der Waals surface area (Å²) in [6, 6.07) is 15.7. The number of hydrogen-bond donors (Lipinski definition) is 3. The lowest BCUT2D eigenvalue weighted by Crippen LogP contribution is -2.61. The predicted molar refractivity (Wildman–Crippen MR) is 140 cm³/mol. The summed E-state index contributed by atoms with van der Waals surface area (Å²) >= 11 is 6.03. The molecule has 0 saturated carbocycles. The first-order valence-corrected chi connectivity index (χ1v) is 12.7. The highest BCUT2D eigenvalue weighted by molar-refractivity contribution is 6.30. The molecule has 0 spiro atoms. The van der Waals surface area contributed by atoms with Crippen molar-refractivity contribution in [3.63, 3.8) is 0 Å². The summed E-state index contributed by atoms with van der Waals surface area (Å²) < 4.78 is 0. The number of carbonyl (C=O) groups excluding carboxylic acids is 2. The molecule has 4 N–H and O–H groups in total. The van der Waals surface area contributed by atoms with E-state index in [1.807, 2.05) is 70.2 Å². The van der Waals surface area contributed by atoms with Gasteiger partial charge >= 0.3 is 0 Å². The third-order valence-electron chi connectivity index (χ3n) is 7.24. The zero-order chi connectivity index (χ0) is 25.8. The van der Waals surface area contributed by atoms with Crippen molar-refractivity contribution >= 4 is 23.4 Å². The van der Waals surface area contributed by atoms with Crippen molar-refractivity contribution in [3.8, 4) is 0 Å². The van der Waals surface area contributed by atoms with Crippen molar-refractivity contribution in [1.29, 1.82) is 0 Å². The molecule has 0 aromatic heterocycles.